The molecule has 3 N–H and O–H groups in total. The lowest BCUT2D eigenvalue weighted by Crippen LogP contribution is -2.37. The van der Waals surface area contributed by atoms with Crippen molar-refractivity contribution in [2.75, 3.05) is 25.4 Å². The van der Waals surface area contributed by atoms with E-state index >= 15 is 0 Å². The van der Waals surface area contributed by atoms with Gasteiger partial charge in [0.2, 0.25) is 0 Å². The molecule has 2 aromatic carbocycles. The molecule has 168 valence electrons. The van der Waals surface area contributed by atoms with E-state index < -0.39 is 0 Å². The molecule has 4 rings (SSSR count). The maximum atomic E-state index is 13.1. The Morgan fingerprint density at radius 1 is 1.09 bits per heavy atom. The van der Waals surface area contributed by atoms with Gasteiger partial charge in [0.15, 0.2) is 10.6 Å². The molecule has 1 aliphatic rings. The van der Waals surface area contributed by atoms with Crippen molar-refractivity contribution in [3.63, 3.8) is 0 Å². The summed E-state index contributed by atoms with van der Waals surface area (Å²) in [5.74, 6) is -0.218. The number of fused-ring (bicyclic) bond motifs is 1. The van der Waals surface area contributed by atoms with Crippen molar-refractivity contribution >= 4 is 34.6 Å². The number of halogens is 1. The molecule has 8 heteroatoms. The number of piperidine rings is 1. The minimum absolute atomic E-state index is 0.000218. The number of nitrogens with two attached hydrogens (primary N) is 1. The molecule has 0 bridgehead atoms. The molecule has 1 aromatic heterocycles. The van der Waals surface area contributed by atoms with Crippen LogP contribution in [0, 0.1) is 16.5 Å². The van der Waals surface area contributed by atoms with E-state index in [1.807, 2.05) is 0 Å². The van der Waals surface area contributed by atoms with Crippen LogP contribution in [0.25, 0.3) is 10.9 Å². The third-order valence-electron chi connectivity index (χ3n) is 6.20. The van der Waals surface area contributed by atoms with Crippen molar-refractivity contribution in [3.05, 3.63) is 69.0 Å². The Hall–Kier alpha value is -2.84. The summed E-state index contributed by atoms with van der Waals surface area (Å²) in [6.07, 6.45) is 3.41. The average Bonchev–Trinajstić information content (AvgIpc) is 2.78. The van der Waals surface area contributed by atoms with Crippen LogP contribution in [0.1, 0.15) is 36.0 Å². The zero-order chi connectivity index (χ0) is 22.7. The monoisotopic (exact) mass is 454 g/mol. The smallest absolute Gasteiger partial charge is 0.262 e. The van der Waals surface area contributed by atoms with Crippen molar-refractivity contribution < 1.29 is 9.18 Å². The quantitative estimate of drug-likeness (QED) is 0.242. The Labute approximate surface area is 190 Å². The van der Waals surface area contributed by atoms with Gasteiger partial charge in [-0.25, -0.2) is 4.39 Å². The molecule has 3 aromatic rings. The normalized spacial score (nSPS) is 15.3. The predicted octanol–water partition coefficient (Wildman–Crippen LogP) is 4.16. The number of anilines is 1. The SMILES string of the molecule is Nc1ccc2c(=O)n(CCCCN3CCC(C(=O)c4ccc(F)cc4)CC3)c(=S)[nH]c2c1. The highest BCUT2D eigenvalue weighted by atomic mass is 32.1. The Morgan fingerprint density at radius 2 is 1.78 bits per heavy atom. The van der Waals surface area contributed by atoms with E-state index in [0.717, 1.165) is 45.3 Å². The van der Waals surface area contributed by atoms with Crippen LogP contribution in [0.15, 0.2) is 47.3 Å². The van der Waals surface area contributed by atoms with Gasteiger partial charge in [-0.2, -0.15) is 0 Å². The van der Waals surface area contributed by atoms with Crippen molar-refractivity contribution in [1.29, 1.82) is 0 Å². The van der Waals surface area contributed by atoms with Crippen LogP contribution in [-0.4, -0.2) is 39.9 Å². The van der Waals surface area contributed by atoms with Crippen molar-refractivity contribution in [2.24, 2.45) is 5.92 Å². The molecular formula is C24H27FN4O2S. The van der Waals surface area contributed by atoms with Crippen molar-refractivity contribution in [2.45, 2.75) is 32.2 Å². The number of Topliss-reactive ketones (excluding diaryl/α,β-unsaturated/α-hetero) is 1. The van der Waals surface area contributed by atoms with Gasteiger partial charge in [-0.05, 0) is 100.0 Å². The Bertz CT molecular complexity index is 1230. The van der Waals surface area contributed by atoms with E-state index in [-0.39, 0.29) is 23.1 Å². The second-order valence-electron chi connectivity index (χ2n) is 8.39. The second kappa shape index (κ2) is 9.75. The number of aromatic amines is 1. The summed E-state index contributed by atoms with van der Waals surface area (Å²) in [5, 5.41) is 0.584. The maximum absolute atomic E-state index is 13.1. The van der Waals surface area contributed by atoms with Crippen LogP contribution in [0.2, 0.25) is 0 Å². The topological polar surface area (TPSA) is 84.1 Å². The number of carbonyl (C=O) groups is 1. The molecule has 0 spiro atoms. The highest BCUT2D eigenvalue weighted by Crippen LogP contribution is 2.22. The van der Waals surface area contributed by atoms with Gasteiger partial charge in [-0.1, -0.05) is 0 Å². The minimum Gasteiger partial charge on any atom is -0.399 e. The molecule has 0 amide bonds. The highest BCUT2D eigenvalue weighted by Gasteiger charge is 2.25. The van der Waals surface area contributed by atoms with Gasteiger partial charge in [0.25, 0.3) is 5.56 Å². The molecule has 1 saturated heterocycles. The fourth-order valence-electron chi connectivity index (χ4n) is 4.35. The molecule has 1 fully saturated rings. The molecule has 0 aliphatic carbocycles. The van der Waals surface area contributed by atoms with Crippen LogP contribution >= 0.6 is 12.2 Å². The third kappa shape index (κ3) is 4.97. The fourth-order valence-corrected chi connectivity index (χ4v) is 4.63. The van der Waals surface area contributed by atoms with Gasteiger partial charge >= 0.3 is 0 Å². The van der Waals surface area contributed by atoms with E-state index in [4.69, 9.17) is 18.0 Å². The number of nitrogens with one attached hydrogen (secondary N) is 1. The zero-order valence-corrected chi connectivity index (χ0v) is 18.7. The number of ketones is 1. The molecule has 32 heavy (non-hydrogen) atoms. The predicted molar refractivity (Wildman–Crippen MR) is 127 cm³/mol. The second-order valence-corrected chi connectivity index (χ2v) is 8.77. The fraction of sp³-hybridized carbons (Fsp3) is 0.375. The van der Waals surface area contributed by atoms with Gasteiger partial charge in [-0.3, -0.25) is 14.2 Å². The standard InChI is InChI=1S/C24H27FN4O2S/c25-18-5-3-16(4-6-18)22(30)17-9-13-28(14-10-17)11-1-2-12-29-23(31)20-8-7-19(26)15-21(20)27-24(29)32/h3-8,15,17H,1-2,9-14,26H2,(H,27,32). The summed E-state index contributed by atoms with van der Waals surface area (Å²) in [4.78, 5) is 30.8. The number of nitrogen functional groups attached to an aromatic ring is 1. The first-order valence-electron chi connectivity index (χ1n) is 11.0. The Morgan fingerprint density at radius 3 is 2.50 bits per heavy atom. The first-order valence-corrected chi connectivity index (χ1v) is 11.4. The number of likely N-dealkylation sites (tertiary alicyclic amines) is 1. The minimum atomic E-state index is -0.326. The van der Waals surface area contributed by atoms with Crippen LogP contribution < -0.4 is 11.3 Å². The number of hydrogen-bond donors (Lipinski definition) is 2. The Balaban J connectivity index is 1.26. The number of rotatable bonds is 7. The van der Waals surface area contributed by atoms with E-state index in [1.54, 1.807) is 34.9 Å². The maximum Gasteiger partial charge on any atom is 0.262 e. The lowest BCUT2D eigenvalue weighted by atomic mass is 9.89. The summed E-state index contributed by atoms with van der Waals surface area (Å²) in [6.45, 7) is 3.23. The molecule has 1 aliphatic heterocycles. The number of unbranched alkanes of at least 4 members (excludes halogenated alkanes) is 1. The number of nitrogens with zero attached hydrogens (tertiary/aromatic N) is 2. The van der Waals surface area contributed by atoms with Gasteiger partial charge in [0.1, 0.15) is 5.82 Å². The van der Waals surface area contributed by atoms with Gasteiger partial charge < -0.3 is 15.6 Å². The van der Waals surface area contributed by atoms with Crippen LogP contribution in [0.5, 0.6) is 0 Å². The number of aromatic nitrogens is 2. The van der Waals surface area contributed by atoms with Crippen molar-refractivity contribution in [1.82, 2.24) is 14.5 Å². The molecule has 0 unspecified atom stereocenters. The lowest BCUT2D eigenvalue weighted by Gasteiger charge is -2.31. The van der Waals surface area contributed by atoms with E-state index in [0.29, 0.717) is 33.5 Å². The molecule has 2 heterocycles. The summed E-state index contributed by atoms with van der Waals surface area (Å²) in [5.41, 5.74) is 7.53. The molecule has 6 nitrogen and oxygen atoms in total. The van der Waals surface area contributed by atoms with E-state index in [1.165, 1.54) is 12.1 Å². The lowest BCUT2D eigenvalue weighted by molar-refractivity contribution is 0.0838. The third-order valence-corrected chi connectivity index (χ3v) is 6.52. The molecule has 0 radical (unpaired) electrons. The van der Waals surface area contributed by atoms with E-state index in [9.17, 15) is 14.0 Å². The van der Waals surface area contributed by atoms with Crippen LogP contribution in [-0.2, 0) is 6.54 Å². The van der Waals surface area contributed by atoms with Crippen LogP contribution in [0.3, 0.4) is 0 Å². The van der Waals surface area contributed by atoms with Gasteiger partial charge in [-0.15, -0.1) is 0 Å². The number of hydrogen-bond acceptors (Lipinski definition) is 5. The highest BCUT2D eigenvalue weighted by molar-refractivity contribution is 7.71. The molecular weight excluding hydrogens is 427 g/mol. The number of benzene rings is 2. The molecule has 0 atom stereocenters. The first-order chi connectivity index (χ1) is 15.4. The van der Waals surface area contributed by atoms with Crippen LogP contribution in [0.4, 0.5) is 10.1 Å². The van der Waals surface area contributed by atoms with Gasteiger partial charge in [0, 0.05) is 23.7 Å². The van der Waals surface area contributed by atoms with Gasteiger partial charge in [0.05, 0.1) is 10.9 Å². The first kappa shape index (κ1) is 22.4. The zero-order valence-electron chi connectivity index (χ0n) is 17.9. The summed E-state index contributed by atoms with van der Waals surface area (Å²) >= 11 is 5.37. The summed E-state index contributed by atoms with van der Waals surface area (Å²) < 4.78 is 15.1. The number of H-pyrrole nitrogens is 1. The number of carbonyl (C=O) groups excluding carboxylic acids is 1. The summed E-state index contributed by atoms with van der Waals surface area (Å²) in [7, 11) is 0. The Kier molecular flexibility index (Phi) is 6.81. The molecule has 0 saturated carbocycles. The van der Waals surface area contributed by atoms with E-state index in [2.05, 4.69) is 9.88 Å². The summed E-state index contributed by atoms with van der Waals surface area (Å²) in [6, 6.07) is 11.0. The average molecular weight is 455 g/mol. The van der Waals surface area contributed by atoms with Crippen molar-refractivity contribution in [3.8, 4) is 0 Å². The largest absolute Gasteiger partial charge is 0.399 e.